The summed E-state index contributed by atoms with van der Waals surface area (Å²) in [5.41, 5.74) is 2.58. The van der Waals surface area contributed by atoms with Crippen LogP contribution in [0, 0.1) is 12.3 Å². The molecule has 3 rings (SSSR count). The highest BCUT2D eigenvalue weighted by atomic mass is 16.6. The molecule has 2 aliphatic heterocycles. The van der Waals surface area contributed by atoms with Crippen molar-refractivity contribution in [3.8, 4) is 0 Å². The molecule has 0 radical (unpaired) electrons. The Morgan fingerprint density at radius 1 is 1.21 bits per heavy atom. The third-order valence-electron chi connectivity index (χ3n) is 5.17. The fourth-order valence-corrected chi connectivity index (χ4v) is 3.47. The molecule has 2 aliphatic rings. The molecule has 0 aromatic heterocycles. The monoisotopic (exact) mass is 331 g/mol. The van der Waals surface area contributed by atoms with Crippen LogP contribution < -0.4 is 10.2 Å². The number of nitrogens with one attached hydrogen (secondary N) is 1. The predicted octanol–water partition coefficient (Wildman–Crippen LogP) is 2.64. The average molecular weight is 331 g/mol. The Kier molecular flexibility index (Phi) is 5.29. The van der Waals surface area contributed by atoms with Gasteiger partial charge in [0.05, 0.1) is 6.61 Å². The summed E-state index contributed by atoms with van der Waals surface area (Å²) >= 11 is 0. The average Bonchev–Trinajstić information content (AvgIpc) is 2.61. The summed E-state index contributed by atoms with van der Waals surface area (Å²) in [6, 6.07) is 8.57. The molecule has 1 N–H and O–H groups in total. The SMILES string of the molecule is Cc1ccc(N2CCN(C(=O)OC[C@]3(C)CCCNC3)CC2)cc1. The van der Waals surface area contributed by atoms with Crippen molar-refractivity contribution in [2.75, 3.05) is 50.8 Å². The third kappa shape index (κ3) is 4.20. The zero-order chi connectivity index (χ0) is 17.0. The molecule has 132 valence electrons. The summed E-state index contributed by atoms with van der Waals surface area (Å²) < 4.78 is 5.61. The summed E-state index contributed by atoms with van der Waals surface area (Å²) in [7, 11) is 0. The molecule has 0 aliphatic carbocycles. The number of ether oxygens (including phenoxy) is 1. The van der Waals surface area contributed by atoms with E-state index in [9.17, 15) is 4.79 Å². The van der Waals surface area contributed by atoms with E-state index >= 15 is 0 Å². The Morgan fingerprint density at radius 2 is 1.92 bits per heavy atom. The van der Waals surface area contributed by atoms with Crippen LogP contribution in [0.3, 0.4) is 0 Å². The van der Waals surface area contributed by atoms with Crippen LogP contribution in [0.1, 0.15) is 25.3 Å². The minimum absolute atomic E-state index is 0.0810. The Morgan fingerprint density at radius 3 is 2.54 bits per heavy atom. The quantitative estimate of drug-likeness (QED) is 0.925. The molecule has 1 amide bonds. The summed E-state index contributed by atoms with van der Waals surface area (Å²) in [5, 5.41) is 3.39. The molecule has 5 heteroatoms. The second kappa shape index (κ2) is 7.43. The second-order valence-corrected chi connectivity index (χ2v) is 7.46. The van der Waals surface area contributed by atoms with Crippen molar-refractivity contribution in [2.24, 2.45) is 5.41 Å². The van der Waals surface area contributed by atoms with E-state index in [1.54, 1.807) is 0 Å². The molecule has 1 aromatic carbocycles. The number of aryl methyl sites for hydroxylation is 1. The highest BCUT2D eigenvalue weighted by molar-refractivity contribution is 5.68. The van der Waals surface area contributed by atoms with Crippen molar-refractivity contribution < 1.29 is 9.53 Å². The highest BCUT2D eigenvalue weighted by Crippen LogP contribution is 2.26. The van der Waals surface area contributed by atoms with Gasteiger partial charge in [0.15, 0.2) is 0 Å². The van der Waals surface area contributed by atoms with Crippen LogP contribution in [0.2, 0.25) is 0 Å². The number of piperidine rings is 1. The second-order valence-electron chi connectivity index (χ2n) is 7.46. The number of nitrogens with zero attached hydrogens (tertiary/aromatic N) is 2. The van der Waals surface area contributed by atoms with E-state index in [1.165, 1.54) is 11.3 Å². The highest BCUT2D eigenvalue weighted by Gasteiger charge is 2.30. The van der Waals surface area contributed by atoms with Gasteiger partial charge in [-0.3, -0.25) is 0 Å². The number of hydrogen-bond acceptors (Lipinski definition) is 4. The van der Waals surface area contributed by atoms with Crippen molar-refractivity contribution in [3.05, 3.63) is 29.8 Å². The smallest absolute Gasteiger partial charge is 0.409 e. The molecular formula is C19H29N3O2. The molecule has 5 nitrogen and oxygen atoms in total. The fourth-order valence-electron chi connectivity index (χ4n) is 3.47. The number of benzene rings is 1. The molecule has 0 saturated carbocycles. The van der Waals surface area contributed by atoms with E-state index in [-0.39, 0.29) is 11.5 Å². The van der Waals surface area contributed by atoms with E-state index in [1.807, 2.05) is 4.90 Å². The van der Waals surface area contributed by atoms with Gasteiger partial charge in [-0.1, -0.05) is 24.6 Å². The summed E-state index contributed by atoms with van der Waals surface area (Å²) in [5.74, 6) is 0. The molecule has 2 saturated heterocycles. The molecule has 24 heavy (non-hydrogen) atoms. The molecule has 0 spiro atoms. The number of piperazine rings is 1. The van der Waals surface area contributed by atoms with E-state index in [4.69, 9.17) is 4.74 Å². The molecule has 1 atom stereocenters. The normalized spacial score (nSPS) is 24.8. The summed E-state index contributed by atoms with van der Waals surface area (Å²) in [4.78, 5) is 16.5. The van der Waals surface area contributed by atoms with Crippen LogP contribution in [-0.4, -0.2) is 56.9 Å². The lowest BCUT2D eigenvalue weighted by Crippen LogP contribution is -2.50. The first kappa shape index (κ1) is 17.1. The van der Waals surface area contributed by atoms with Gasteiger partial charge in [-0.25, -0.2) is 4.79 Å². The number of amides is 1. The van der Waals surface area contributed by atoms with Gasteiger partial charge in [-0.2, -0.15) is 0 Å². The first-order valence-corrected chi connectivity index (χ1v) is 9.00. The number of carbonyl (C=O) groups is 1. The zero-order valence-corrected chi connectivity index (χ0v) is 14.9. The van der Waals surface area contributed by atoms with Gasteiger partial charge >= 0.3 is 6.09 Å². The van der Waals surface area contributed by atoms with Gasteiger partial charge in [-0.15, -0.1) is 0 Å². The Labute approximate surface area is 145 Å². The van der Waals surface area contributed by atoms with Gasteiger partial charge < -0.3 is 19.9 Å². The predicted molar refractivity (Wildman–Crippen MR) is 96.5 cm³/mol. The Hall–Kier alpha value is -1.75. The van der Waals surface area contributed by atoms with Crippen molar-refractivity contribution in [1.29, 1.82) is 0 Å². The fraction of sp³-hybridized carbons (Fsp3) is 0.632. The van der Waals surface area contributed by atoms with Crippen LogP contribution in [0.25, 0.3) is 0 Å². The minimum Gasteiger partial charge on any atom is -0.449 e. The van der Waals surface area contributed by atoms with Crippen LogP contribution in [0.4, 0.5) is 10.5 Å². The number of anilines is 1. The van der Waals surface area contributed by atoms with Crippen LogP contribution >= 0.6 is 0 Å². The Bertz CT molecular complexity index is 544. The number of carbonyl (C=O) groups excluding carboxylic acids is 1. The third-order valence-corrected chi connectivity index (χ3v) is 5.17. The van der Waals surface area contributed by atoms with E-state index < -0.39 is 0 Å². The Balaban J connectivity index is 1.45. The zero-order valence-electron chi connectivity index (χ0n) is 14.9. The molecule has 0 bridgehead atoms. The maximum absolute atomic E-state index is 12.3. The van der Waals surface area contributed by atoms with Gasteiger partial charge in [0, 0.05) is 43.8 Å². The largest absolute Gasteiger partial charge is 0.449 e. The summed E-state index contributed by atoms with van der Waals surface area (Å²) in [6.07, 6.45) is 2.11. The van der Waals surface area contributed by atoms with Gasteiger partial charge in [0.2, 0.25) is 0 Å². The van der Waals surface area contributed by atoms with Crippen molar-refractivity contribution in [3.63, 3.8) is 0 Å². The maximum Gasteiger partial charge on any atom is 0.409 e. The number of rotatable bonds is 3. The molecule has 2 heterocycles. The van der Waals surface area contributed by atoms with Crippen molar-refractivity contribution >= 4 is 11.8 Å². The molecular weight excluding hydrogens is 302 g/mol. The first-order valence-electron chi connectivity index (χ1n) is 9.00. The van der Waals surface area contributed by atoms with Crippen molar-refractivity contribution in [1.82, 2.24) is 10.2 Å². The summed E-state index contributed by atoms with van der Waals surface area (Å²) in [6.45, 7) is 9.97. The lowest BCUT2D eigenvalue weighted by molar-refractivity contribution is 0.0495. The first-order chi connectivity index (χ1) is 11.6. The van der Waals surface area contributed by atoms with E-state index in [0.717, 1.165) is 52.1 Å². The van der Waals surface area contributed by atoms with E-state index in [0.29, 0.717) is 6.61 Å². The molecule has 2 fully saturated rings. The maximum atomic E-state index is 12.3. The molecule has 0 unspecified atom stereocenters. The lowest BCUT2D eigenvalue weighted by Gasteiger charge is -2.37. The van der Waals surface area contributed by atoms with E-state index in [2.05, 4.69) is 48.3 Å². The lowest BCUT2D eigenvalue weighted by atomic mass is 9.84. The topological polar surface area (TPSA) is 44.8 Å². The number of hydrogen-bond donors (Lipinski definition) is 1. The van der Waals surface area contributed by atoms with Crippen LogP contribution in [-0.2, 0) is 4.74 Å². The van der Waals surface area contributed by atoms with Gasteiger partial charge in [0.25, 0.3) is 0 Å². The molecule has 1 aromatic rings. The minimum atomic E-state index is -0.162. The van der Waals surface area contributed by atoms with Crippen LogP contribution in [0.15, 0.2) is 24.3 Å². The van der Waals surface area contributed by atoms with Gasteiger partial charge in [-0.05, 0) is 38.4 Å². The van der Waals surface area contributed by atoms with Crippen LogP contribution in [0.5, 0.6) is 0 Å². The van der Waals surface area contributed by atoms with Crippen molar-refractivity contribution in [2.45, 2.75) is 26.7 Å². The van der Waals surface area contributed by atoms with Gasteiger partial charge in [0.1, 0.15) is 0 Å². The standard InChI is InChI=1S/C19H29N3O2/c1-16-4-6-17(7-5-16)21-10-12-22(13-11-21)18(23)24-15-19(2)8-3-9-20-14-19/h4-7,20H,3,8-15H2,1-2H3/t19-/m1/s1.